The summed E-state index contributed by atoms with van der Waals surface area (Å²) >= 11 is 3.40. The molecule has 0 aliphatic carbocycles. The molecule has 5 heteroatoms. The zero-order chi connectivity index (χ0) is 14.1. The van der Waals surface area contributed by atoms with Crippen LogP contribution < -0.4 is 9.47 Å². The highest BCUT2D eigenvalue weighted by Gasteiger charge is 2.20. The molecule has 2 aromatic carbocycles. The summed E-state index contributed by atoms with van der Waals surface area (Å²) in [7, 11) is 0. The third-order valence-electron chi connectivity index (χ3n) is 3.18. The number of fused-ring (bicyclic) bond motifs is 1. The van der Waals surface area contributed by atoms with Gasteiger partial charge in [-0.2, -0.15) is 0 Å². The number of aliphatic hydroxyl groups is 1. The number of halogens is 2. The summed E-state index contributed by atoms with van der Waals surface area (Å²) in [6, 6.07) is 9.68. The molecule has 0 amide bonds. The number of rotatable bonds is 3. The van der Waals surface area contributed by atoms with Crippen molar-refractivity contribution in [3.8, 4) is 11.5 Å². The lowest BCUT2D eigenvalue weighted by atomic mass is 10.0. The molecule has 0 saturated carbocycles. The summed E-state index contributed by atoms with van der Waals surface area (Å²) in [4.78, 5) is 0. The topological polar surface area (TPSA) is 38.7 Å². The third-order valence-corrected chi connectivity index (χ3v) is 3.77. The lowest BCUT2D eigenvalue weighted by Crippen LogP contribution is -2.02. The molecular formula is C15H12BrFO3. The van der Waals surface area contributed by atoms with E-state index in [-0.39, 0.29) is 12.6 Å². The first-order chi connectivity index (χ1) is 9.63. The van der Waals surface area contributed by atoms with E-state index in [4.69, 9.17) is 9.47 Å². The zero-order valence-electron chi connectivity index (χ0n) is 10.5. The van der Waals surface area contributed by atoms with E-state index in [2.05, 4.69) is 15.9 Å². The van der Waals surface area contributed by atoms with Gasteiger partial charge in [-0.05, 0) is 51.3 Å². The number of aliphatic hydroxyl groups excluding tert-OH is 1. The highest BCUT2D eigenvalue weighted by atomic mass is 79.9. The SMILES string of the molecule is OC(Cc1ccc(F)cc1)c1cc(Br)c2c(c1)OCO2. The Morgan fingerprint density at radius 1 is 1.20 bits per heavy atom. The summed E-state index contributed by atoms with van der Waals surface area (Å²) in [5.74, 6) is 0.990. The van der Waals surface area contributed by atoms with Crippen LogP contribution in [0.15, 0.2) is 40.9 Å². The molecule has 1 atom stereocenters. The van der Waals surface area contributed by atoms with Crippen LogP contribution in [0.4, 0.5) is 4.39 Å². The fourth-order valence-corrected chi connectivity index (χ4v) is 2.72. The van der Waals surface area contributed by atoms with Crippen molar-refractivity contribution in [1.82, 2.24) is 0 Å². The van der Waals surface area contributed by atoms with Crippen LogP contribution in [0.5, 0.6) is 11.5 Å². The largest absolute Gasteiger partial charge is 0.454 e. The van der Waals surface area contributed by atoms with Gasteiger partial charge in [-0.3, -0.25) is 0 Å². The maximum absolute atomic E-state index is 12.9. The Balaban J connectivity index is 1.82. The Labute approximate surface area is 124 Å². The quantitative estimate of drug-likeness (QED) is 0.929. The van der Waals surface area contributed by atoms with Gasteiger partial charge in [0.15, 0.2) is 11.5 Å². The Hall–Kier alpha value is -1.59. The summed E-state index contributed by atoms with van der Waals surface area (Å²) < 4.78 is 24.2. The van der Waals surface area contributed by atoms with E-state index in [1.165, 1.54) is 12.1 Å². The minimum atomic E-state index is -0.689. The average molecular weight is 339 g/mol. The van der Waals surface area contributed by atoms with E-state index in [9.17, 15) is 9.50 Å². The van der Waals surface area contributed by atoms with E-state index in [1.54, 1.807) is 18.2 Å². The monoisotopic (exact) mass is 338 g/mol. The van der Waals surface area contributed by atoms with Crippen LogP contribution in [0.1, 0.15) is 17.2 Å². The molecule has 1 unspecified atom stereocenters. The molecule has 0 fully saturated rings. The van der Waals surface area contributed by atoms with E-state index in [0.717, 1.165) is 15.6 Å². The van der Waals surface area contributed by atoms with Gasteiger partial charge in [0.2, 0.25) is 6.79 Å². The fraction of sp³-hybridized carbons (Fsp3) is 0.200. The standard InChI is InChI=1S/C15H12BrFO3/c16-12-6-10(7-14-15(12)20-8-19-14)13(18)5-9-1-3-11(17)4-2-9/h1-4,6-7,13,18H,5,8H2. The number of hydrogen-bond acceptors (Lipinski definition) is 3. The first-order valence-corrected chi connectivity index (χ1v) is 6.94. The van der Waals surface area contributed by atoms with Crippen molar-refractivity contribution in [1.29, 1.82) is 0 Å². The van der Waals surface area contributed by atoms with Gasteiger partial charge in [-0.25, -0.2) is 4.39 Å². The van der Waals surface area contributed by atoms with E-state index in [0.29, 0.717) is 17.9 Å². The van der Waals surface area contributed by atoms with Crippen LogP contribution in [-0.4, -0.2) is 11.9 Å². The molecule has 0 radical (unpaired) electrons. The summed E-state index contributed by atoms with van der Waals surface area (Å²) in [5, 5.41) is 10.3. The van der Waals surface area contributed by atoms with Crippen LogP contribution in [0, 0.1) is 5.82 Å². The van der Waals surface area contributed by atoms with Crippen LogP contribution in [0.3, 0.4) is 0 Å². The molecule has 3 nitrogen and oxygen atoms in total. The molecule has 0 aromatic heterocycles. The molecule has 1 aliphatic heterocycles. The van der Waals surface area contributed by atoms with Crippen molar-refractivity contribution in [2.45, 2.75) is 12.5 Å². The molecule has 1 aliphatic rings. The molecule has 0 saturated heterocycles. The highest BCUT2D eigenvalue weighted by Crippen LogP contribution is 2.41. The predicted molar refractivity (Wildman–Crippen MR) is 75.3 cm³/mol. The Bertz CT molecular complexity index is 628. The van der Waals surface area contributed by atoms with Gasteiger partial charge < -0.3 is 14.6 Å². The van der Waals surface area contributed by atoms with Crippen molar-refractivity contribution in [3.63, 3.8) is 0 Å². The van der Waals surface area contributed by atoms with Gasteiger partial charge >= 0.3 is 0 Å². The minimum absolute atomic E-state index is 0.186. The zero-order valence-corrected chi connectivity index (χ0v) is 12.1. The first-order valence-electron chi connectivity index (χ1n) is 6.15. The lowest BCUT2D eigenvalue weighted by Gasteiger charge is -2.12. The molecule has 2 aromatic rings. The molecule has 1 heterocycles. The molecule has 0 bridgehead atoms. The summed E-state index contributed by atoms with van der Waals surface area (Å²) in [6.45, 7) is 0.186. The van der Waals surface area contributed by atoms with E-state index < -0.39 is 6.10 Å². The maximum atomic E-state index is 12.9. The van der Waals surface area contributed by atoms with E-state index in [1.807, 2.05) is 6.07 Å². The van der Waals surface area contributed by atoms with Crippen LogP contribution >= 0.6 is 15.9 Å². The van der Waals surface area contributed by atoms with Crippen molar-refractivity contribution in [2.24, 2.45) is 0 Å². The van der Waals surface area contributed by atoms with Crippen LogP contribution in [0.25, 0.3) is 0 Å². The predicted octanol–water partition coefficient (Wildman–Crippen LogP) is 3.59. The second-order valence-electron chi connectivity index (χ2n) is 4.58. The van der Waals surface area contributed by atoms with Gasteiger partial charge in [0.1, 0.15) is 5.82 Å². The molecule has 20 heavy (non-hydrogen) atoms. The Morgan fingerprint density at radius 2 is 1.95 bits per heavy atom. The Kier molecular flexibility index (Phi) is 3.63. The summed E-state index contributed by atoms with van der Waals surface area (Å²) in [6.07, 6.45) is -0.280. The number of hydrogen-bond donors (Lipinski definition) is 1. The van der Waals surface area contributed by atoms with Gasteiger partial charge in [-0.15, -0.1) is 0 Å². The number of benzene rings is 2. The maximum Gasteiger partial charge on any atom is 0.231 e. The second kappa shape index (κ2) is 5.42. The van der Waals surface area contributed by atoms with Crippen molar-refractivity contribution < 1.29 is 19.0 Å². The summed E-state index contributed by atoms with van der Waals surface area (Å²) in [5.41, 5.74) is 1.60. The third kappa shape index (κ3) is 2.64. The Morgan fingerprint density at radius 3 is 2.70 bits per heavy atom. The van der Waals surface area contributed by atoms with Crippen molar-refractivity contribution in [3.05, 3.63) is 57.8 Å². The van der Waals surface area contributed by atoms with Crippen LogP contribution in [-0.2, 0) is 6.42 Å². The van der Waals surface area contributed by atoms with Crippen molar-refractivity contribution >= 4 is 15.9 Å². The fourth-order valence-electron chi connectivity index (χ4n) is 2.14. The van der Waals surface area contributed by atoms with Gasteiger partial charge in [-0.1, -0.05) is 12.1 Å². The minimum Gasteiger partial charge on any atom is -0.454 e. The highest BCUT2D eigenvalue weighted by molar-refractivity contribution is 9.10. The van der Waals surface area contributed by atoms with Crippen LogP contribution in [0.2, 0.25) is 0 Å². The van der Waals surface area contributed by atoms with Crippen molar-refractivity contribution in [2.75, 3.05) is 6.79 Å². The normalized spacial score (nSPS) is 14.3. The van der Waals surface area contributed by atoms with Gasteiger partial charge in [0, 0.05) is 6.42 Å². The first kappa shape index (κ1) is 13.4. The molecule has 3 rings (SSSR count). The smallest absolute Gasteiger partial charge is 0.231 e. The molecule has 0 spiro atoms. The number of ether oxygens (including phenoxy) is 2. The molecule has 1 N–H and O–H groups in total. The molecule has 104 valence electrons. The average Bonchev–Trinajstić information content (AvgIpc) is 2.90. The van der Waals surface area contributed by atoms with Gasteiger partial charge in [0.25, 0.3) is 0 Å². The molecular weight excluding hydrogens is 327 g/mol. The van der Waals surface area contributed by atoms with E-state index >= 15 is 0 Å². The second-order valence-corrected chi connectivity index (χ2v) is 5.44. The lowest BCUT2D eigenvalue weighted by molar-refractivity contribution is 0.171. The van der Waals surface area contributed by atoms with Gasteiger partial charge in [0.05, 0.1) is 10.6 Å².